The molecule has 0 saturated heterocycles. The molecule has 0 radical (unpaired) electrons. The maximum absolute atomic E-state index is 10.9. The molecule has 0 unspecified atom stereocenters. The van der Waals surface area contributed by atoms with Gasteiger partial charge in [-0.25, -0.2) is 0 Å². The fraction of sp³-hybridized carbons (Fsp3) is 0.333. The van der Waals surface area contributed by atoms with Crippen LogP contribution in [0.2, 0.25) is 0 Å². The van der Waals surface area contributed by atoms with Crippen LogP contribution in [-0.2, 0) is 3.92 Å². The molecule has 0 aliphatic rings. The molecule has 11 heavy (non-hydrogen) atoms. The molecule has 0 aliphatic carbocycles. The molecular formula is C3HCl3N2OS2. The van der Waals surface area contributed by atoms with Gasteiger partial charge in [0.25, 0.3) is 3.92 Å². The highest BCUT2D eigenvalue weighted by Crippen LogP contribution is 2.29. The van der Waals surface area contributed by atoms with Crippen molar-refractivity contribution in [2.45, 2.75) is 3.92 Å². The van der Waals surface area contributed by atoms with Crippen molar-refractivity contribution in [3.05, 3.63) is 13.6 Å². The zero-order chi connectivity index (χ0) is 8.65. The normalized spacial score (nSPS) is 11.9. The van der Waals surface area contributed by atoms with E-state index in [4.69, 9.17) is 34.8 Å². The molecule has 1 heterocycles. The largest absolute Gasteiger partial charge is 0.328 e. The molecule has 1 aromatic rings. The van der Waals surface area contributed by atoms with Gasteiger partial charge in [-0.2, -0.15) is 4.68 Å². The number of hydrogen-bond acceptors (Lipinski definition) is 3. The molecule has 1 rings (SSSR count). The second-order valence-corrected chi connectivity index (χ2v) is 5.42. The molecular weight excluding hydrogens is 251 g/mol. The van der Waals surface area contributed by atoms with E-state index in [1.54, 1.807) is 0 Å². The molecule has 0 fully saturated rings. The predicted octanol–water partition coefficient (Wildman–Crippen LogP) is 2.25. The van der Waals surface area contributed by atoms with E-state index in [0.29, 0.717) is 0 Å². The molecule has 62 valence electrons. The van der Waals surface area contributed by atoms with E-state index >= 15 is 0 Å². The highest BCUT2D eigenvalue weighted by Gasteiger charge is 2.25. The Hall–Kier alpha value is 0.450. The highest BCUT2D eigenvalue weighted by atomic mass is 35.6. The predicted molar refractivity (Wildman–Crippen MR) is 49.3 cm³/mol. The lowest BCUT2D eigenvalue weighted by molar-refractivity contribution is 0.650. The van der Waals surface area contributed by atoms with E-state index in [9.17, 15) is 4.79 Å². The zero-order valence-corrected chi connectivity index (χ0v) is 8.71. The van der Waals surface area contributed by atoms with Gasteiger partial charge in [0.15, 0.2) is 3.95 Å². The Morgan fingerprint density at radius 2 is 2.09 bits per heavy atom. The Labute approximate surface area is 85.5 Å². The molecule has 8 heteroatoms. The third-order valence-corrected chi connectivity index (χ3v) is 2.30. The first-order valence-corrected chi connectivity index (χ1v) is 4.66. The Bertz CT molecular complexity index is 358. The summed E-state index contributed by atoms with van der Waals surface area (Å²) in [6.07, 6.45) is 0. The van der Waals surface area contributed by atoms with Gasteiger partial charge in [-0.1, -0.05) is 34.8 Å². The average molecular weight is 252 g/mol. The van der Waals surface area contributed by atoms with Crippen LogP contribution in [0.4, 0.5) is 0 Å². The number of aromatic nitrogens is 2. The third-order valence-electron chi connectivity index (χ3n) is 0.819. The number of nitrogens with one attached hydrogen (secondary N) is 1. The monoisotopic (exact) mass is 250 g/mol. The van der Waals surface area contributed by atoms with E-state index in [2.05, 4.69) is 17.3 Å². The summed E-state index contributed by atoms with van der Waals surface area (Å²) in [6, 6.07) is 0. The Morgan fingerprint density at radius 1 is 1.55 bits per heavy atom. The summed E-state index contributed by atoms with van der Waals surface area (Å²) in [7, 11) is 0. The van der Waals surface area contributed by atoms with Gasteiger partial charge in [0, 0.05) is 0 Å². The first kappa shape index (κ1) is 9.54. The number of hydrogen-bond donors (Lipinski definition) is 1. The van der Waals surface area contributed by atoms with Gasteiger partial charge in [0.2, 0.25) is 0 Å². The second kappa shape index (κ2) is 3.06. The maximum atomic E-state index is 10.9. The lowest BCUT2D eigenvalue weighted by Crippen LogP contribution is -2.25. The smallest absolute Gasteiger partial charge is 0.272 e. The second-order valence-electron chi connectivity index (χ2n) is 1.57. The lowest BCUT2D eigenvalue weighted by atomic mass is 11.2. The number of nitrogens with zero attached hydrogens (tertiary/aromatic N) is 1. The van der Waals surface area contributed by atoms with E-state index in [1.807, 2.05) is 0 Å². The van der Waals surface area contributed by atoms with Crippen molar-refractivity contribution in [2.75, 3.05) is 0 Å². The first-order chi connectivity index (χ1) is 4.91. The number of alkyl halides is 3. The lowest BCUT2D eigenvalue weighted by Gasteiger charge is -2.08. The SMILES string of the molecule is O=c1sc(=S)[nH]n1C(Cl)(Cl)Cl. The van der Waals surface area contributed by atoms with Crippen LogP contribution in [0.3, 0.4) is 0 Å². The Morgan fingerprint density at radius 3 is 2.27 bits per heavy atom. The summed E-state index contributed by atoms with van der Waals surface area (Å²) in [5.41, 5.74) is 0. The minimum Gasteiger partial charge on any atom is -0.272 e. The summed E-state index contributed by atoms with van der Waals surface area (Å²) in [5.74, 6) is 0. The van der Waals surface area contributed by atoms with E-state index in [0.717, 1.165) is 16.0 Å². The van der Waals surface area contributed by atoms with Gasteiger partial charge in [0.05, 0.1) is 0 Å². The molecule has 0 saturated carbocycles. The quantitative estimate of drug-likeness (QED) is 0.567. The molecule has 3 nitrogen and oxygen atoms in total. The number of halogens is 3. The Kier molecular flexibility index (Phi) is 2.66. The fourth-order valence-corrected chi connectivity index (χ4v) is 1.83. The average Bonchev–Trinajstić information content (AvgIpc) is 2.08. The minimum atomic E-state index is -1.79. The zero-order valence-electron chi connectivity index (χ0n) is 4.81. The van der Waals surface area contributed by atoms with Crippen LogP contribution in [0.1, 0.15) is 0 Å². The van der Waals surface area contributed by atoms with Crippen molar-refractivity contribution in [2.24, 2.45) is 0 Å². The van der Waals surface area contributed by atoms with E-state index < -0.39 is 8.79 Å². The van der Waals surface area contributed by atoms with Gasteiger partial charge in [-0.15, -0.1) is 0 Å². The molecule has 0 amide bonds. The third kappa shape index (κ3) is 2.19. The Balaban J connectivity index is 3.36. The van der Waals surface area contributed by atoms with Crippen LogP contribution < -0.4 is 4.87 Å². The van der Waals surface area contributed by atoms with Crippen molar-refractivity contribution >= 4 is 58.4 Å². The van der Waals surface area contributed by atoms with E-state index in [-0.39, 0.29) is 3.95 Å². The van der Waals surface area contributed by atoms with Gasteiger partial charge >= 0.3 is 4.87 Å². The van der Waals surface area contributed by atoms with Crippen LogP contribution in [0, 0.1) is 3.95 Å². The topological polar surface area (TPSA) is 37.8 Å². The minimum absolute atomic E-state index is 0.279. The van der Waals surface area contributed by atoms with Crippen LogP contribution in [0.25, 0.3) is 0 Å². The van der Waals surface area contributed by atoms with Crippen molar-refractivity contribution in [3.63, 3.8) is 0 Å². The van der Waals surface area contributed by atoms with Gasteiger partial charge in [-0.3, -0.25) is 9.89 Å². The van der Waals surface area contributed by atoms with Crippen molar-refractivity contribution in [3.8, 4) is 0 Å². The summed E-state index contributed by atoms with van der Waals surface area (Å²) in [5, 5.41) is 2.43. The molecule has 0 bridgehead atoms. The van der Waals surface area contributed by atoms with Crippen LogP contribution >= 0.6 is 58.4 Å². The fourth-order valence-electron chi connectivity index (χ4n) is 0.452. The maximum Gasteiger partial charge on any atom is 0.328 e. The van der Waals surface area contributed by atoms with Crippen molar-refractivity contribution in [1.29, 1.82) is 0 Å². The summed E-state index contributed by atoms with van der Waals surface area (Å²) in [6.45, 7) is 0. The number of rotatable bonds is 0. The van der Waals surface area contributed by atoms with Crippen molar-refractivity contribution in [1.82, 2.24) is 9.78 Å². The molecule has 0 aliphatic heterocycles. The standard InChI is InChI=1S/C3HCl3N2OS2/c4-3(5,6)8-2(9)11-1(10)7-8/h(H,7,10). The number of H-pyrrole nitrogens is 1. The molecule has 1 N–H and O–H groups in total. The summed E-state index contributed by atoms with van der Waals surface area (Å²) in [4.78, 5) is 10.5. The van der Waals surface area contributed by atoms with Crippen LogP contribution in [0.15, 0.2) is 4.79 Å². The molecule has 0 atom stereocenters. The summed E-state index contributed by atoms with van der Waals surface area (Å²) >= 11 is 21.7. The van der Waals surface area contributed by atoms with Gasteiger partial charge in [-0.05, 0) is 23.6 Å². The van der Waals surface area contributed by atoms with E-state index in [1.165, 1.54) is 0 Å². The first-order valence-electron chi connectivity index (χ1n) is 2.30. The molecule has 0 spiro atoms. The van der Waals surface area contributed by atoms with Crippen LogP contribution in [0.5, 0.6) is 0 Å². The van der Waals surface area contributed by atoms with Gasteiger partial charge in [0.1, 0.15) is 0 Å². The van der Waals surface area contributed by atoms with Crippen molar-refractivity contribution < 1.29 is 0 Å². The van der Waals surface area contributed by atoms with Gasteiger partial charge < -0.3 is 0 Å². The molecule has 1 aromatic heterocycles. The number of aromatic amines is 1. The van der Waals surface area contributed by atoms with Crippen LogP contribution in [-0.4, -0.2) is 9.78 Å². The highest BCUT2D eigenvalue weighted by molar-refractivity contribution is 7.73. The molecule has 0 aromatic carbocycles. The summed E-state index contributed by atoms with van der Waals surface area (Å²) < 4.78 is -0.670.